The second kappa shape index (κ2) is 7.43. The van der Waals surface area contributed by atoms with Crippen LogP contribution in [0.5, 0.6) is 0 Å². The largest absolute Gasteiger partial charge is 0.329 e. The van der Waals surface area contributed by atoms with E-state index in [0.29, 0.717) is 11.4 Å². The van der Waals surface area contributed by atoms with Gasteiger partial charge < -0.3 is 5.32 Å². The lowest BCUT2D eigenvalue weighted by molar-refractivity contribution is -0.123. The molecule has 4 rings (SSSR count). The summed E-state index contributed by atoms with van der Waals surface area (Å²) in [5.74, 6) is -2.76. The Morgan fingerprint density at radius 1 is 1.00 bits per heavy atom. The number of nitrogens with zero attached hydrogens (tertiary/aromatic N) is 2. The molecule has 0 spiro atoms. The average Bonchev–Trinajstić information content (AvgIpc) is 3.16. The average molecular weight is 410 g/mol. The molecule has 3 amide bonds. The highest BCUT2D eigenvalue weighted by atomic mass is 19.2. The summed E-state index contributed by atoms with van der Waals surface area (Å²) >= 11 is 0. The summed E-state index contributed by atoms with van der Waals surface area (Å²) in [6, 6.07) is 11.3. The molecule has 2 heterocycles. The van der Waals surface area contributed by atoms with Crippen LogP contribution in [0, 0.1) is 18.6 Å². The van der Waals surface area contributed by atoms with E-state index in [1.165, 1.54) is 16.8 Å². The van der Waals surface area contributed by atoms with E-state index in [1.807, 2.05) is 6.07 Å². The monoisotopic (exact) mass is 410 g/mol. The molecule has 2 aromatic carbocycles. The van der Waals surface area contributed by atoms with Gasteiger partial charge in [-0.2, -0.15) is 0 Å². The molecule has 7 nitrogen and oxygen atoms in total. The van der Waals surface area contributed by atoms with Crippen molar-refractivity contribution in [3.8, 4) is 5.69 Å². The lowest BCUT2D eigenvalue weighted by Crippen LogP contribution is -2.30. The number of carbonyl (C=O) groups excluding carboxylic acids is 2. The number of carbonyl (C=O) groups is 2. The van der Waals surface area contributed by atoms with E-state index >= 15 is 0 Å². The Kier molecular flexibility index (Phi) is 4.78. The van der Waals surface area contributed by atoms with Crippen molar-refractivity contribution < 1.29 is 18.4 Å². The van der Waals surface area contributed by atoms with Crippen LogP contribution in [0.3, 0.4) is 0 Å². The highest BCUT2D eigenvalue weighted by molar-refractivity contribution is 6.13. The van der Waals surface area contributed by atoms with Gasteiger partial charge in [0.05, 0.1) is 17.8 Å². The normalized spacial score (nSPS) is 15.2. The maximum Gasteiger partial charge on any atom is 0.329 e. The lowest BCUT2D eigenvalue weighted by atomic mass is 10.2. The second-order valence-corrected chi connectivity index (χ2v) is 6.75. The second-order valence-electron chi connectivity index (χ2n) is 6.75. The highest BCUT2D eigenvalue weighted by Gasteiger charge is 2.34. The highest BCUT2D eigenvalue weighted by Crippen LogP contribution is 2.18. The van der Waals surface area contributed by atoms with Crippen molar-refractivity contribution in [2.24, 2.45) is 0 Å². The lowest BCUT2D eigenvalue weighted by Gasteiger charge is -2.11. The molecular weight excluding hydrogens is 394 g/mol. The molecule has 3 aromatic rings. The molecule has 0 atom stereocenters. The number of halogens is 2. The third-order valence-electron chi connectivity index (χ3n) is 4.71. The van der Waals surface area contributed by atoms with Crippen molar-refractivity contribution in [1.82, 2.24) is 20.0 Å². The van der Waals surface area contributed by atoms with Crippen molar-refractivity contribution >= 4 is 18.0 Å². The topological polar surface area (TPSA) is 87.2 Å². The molecule has 9 heteroatoms. The number of nitrogens with one attached hydrogen (secondary N) is 2. The van der Waals surface area contributed by atoms with Gasteiger partial charge in [-0.05, 0) is 42.8 Å². The first-order valence-corrected chi connectivity index (χ1v) is 9.00. The van der Waals surface area contributed by atoms with Gasteiger partial charge in [0.1, 0.15) is 5.70 Å². The number of aromatic nitrogens is 2. The Labute approximate surface area is 169 Å². The van der Waals surface area contributed by atoms with Crippen molar-refractivity contribution in [2.45, 2.75) is 13.5 Å². The van der Waals surface area contributed by atoms with Crippen molar-refractivity contribution in [1.29, 1.82) is 0 Å². The number of hydrogen-bond donors (Lipinski definition) is 2. The van der Waals surface area contributed by atoms with Crippen LogP contribution in [0.25, 0.3) is 11.8 Å². The summed E-state index contributed by atoms with van der Waals surface area (Å²) in [5.41, 5.74) is 1.14. The third-order valence-corrected chi connectivity index (χ3v) is 4.71. The van der Waals surface area contributed by atoms with Gasteiger partial charge in [0.15, 0.2) is 11.6 Å². The molecule has 30 heavy (non-hydrogen) atoms. The minimum Gasteiger partial charge on any atom is -0.303 e. The standard InChI is InChI=1S/C21H16F2N4O3/c1-12-15(19(28)27(25-12)14-5-3-2-4-6-14)10-18-20(29)26(21(30)24-18)11-13-7-8-16(22)17(23)9-13/h2-10,25H,11H2,1H3,(H,24,30). The summed E-state index contributed by atoms with van der Waals surface area (Å²) in [4.78, 5) is 38.5. The van der Waals surface area contributed by atoms with Gasteiger partial charge in [-0.3, -0.25) is 19.6 Å². The first-order chi connectivity index (χ1) is 14.3. The van der Waals surface area contributed by atoms with Gasteiger partial charge in [0.2, 0.25) is 0 Å². The number of para-hydroxylation sites is 1. The molecule has 1 aliphatic heterocycles. The SMILES string of the molecule is Cc1[nH]n(-c2ccccc2)c(=O)c1C=C1NC(=O)N(Cc2ccc(F)c(F)c2)C1=O. The van der Waals surface area contributed by atoms with E-state index in [2.05, 4.69) is 10.4 Å². The van der Waals surface area contributed by atoms with Crippen LogP contribution < -0.4 is 10.9 Å². The van der Waals surface area contributed by atoms with Gasteiger partial charge in [-0.1, -0.05) is 24.3 Å². The summed E-state index contributed by atoms with van der Waals surface area (Å²) in [6.45, 7) is 1.44. The number of urea groups is 1. The number of hydrogen-bond acceptors (Lipinski definition) is 3. The number of benzene rings is 2. The predicted octanol–water partition coefficient (Wildman–Crippen LogP) is 2.85. The minimum atomic E-state index is -1.07. The van der Waals surface area contributed by atoms with E-state index in [-0.39, 0.29) is 28.9 Å². The summed E-state index contributed by atoms with van der Waals surface area (Å²) < 4.78 is 27.8. The zero-order valence-electron chi connectivity index (χ0n) is 15.8. The van der Waals surface area contributed by atoms with Crippen LogP contribution in [0.2, 0.25) is 0 Å². The van der Waals surface area contributed by atoms with Crippen LogP contribution in [0.4, 0.5) is 13.6 Å². The molecule has 1 saturated heterocycles. The van der Waals surface area contributed by atoms with Crippen LogP contribution >= 0.6 is 0 Å². The first kappa shape index (κ1) is 19.3. The number of rotatable bonds is 4. The van der Waals surface area contributed by atoms with Gasteiger partial charge >= 0.3 is 6.03 Å². The van der Waals surface area contributed by atoms with E-state index in [0.717, 1.165) is 17.0 Å². The van der Waals surface area contributed by atoms with Crippen molar-refractivity contribution in [3.05, 3.63) is 93.0 Å². The molecule has 1 aliphatic rings. The van der Waals surface area contributed by atoms with E-state index in [4.69, 9.17) is 0 Å². The van der Waals surface area contributed by atoms with Crippen LogP contribution in [-0.2, 0) is 11.3 Å². The van der Waals surface area contributed by atoms with Gasteiger partial charge in [-0.15, -0.1) is 0 Å². The number of imide groups is 1. The Morgan fingerprint density at radius 2 is 1.73 bits per heavy atom. The summed E-state index contributed by atoms with van der Waals surface area (Å²) in [5, 5.41) is 5.36. The van der Waals surface area contributed by atoms with Crippen LogP contribution in [-0.4, -0.2) is 26.6 Å². The number of aryl methyl sites for hydroxylation is 1. The Bertz CT molecular complexity index is 1240. The molecule has 0 saturated carbocycles. The predicted molar refractivity (Wildman–Crippen MR) is 105 cm³/mol. The maximum absolute atomic E-state index is 13.4. The first-order valence-electron chi connectivity index (χ1n) is 9.00. The molecule has 1 fully saturated rings. The number of amides is 3. The van der Waals surface area contributed by atoms with E-state index in [1.54, 1.807) is 31.2 Å². The Morgan fingerprint density at radius 3 is 2.43 bits per heavy atom. The summed E-state index contributed by atoms with van der Waals surface area (Å²) in [6.07, 6.45) is 1.30. The Balaban J connectivity index is 1.63. The van der Waals surface area contributed by atoms with Crippen LogP contribution in [0.1, 0.15) is 16.8 Å². The number of aromatic amines is 1. The fourth-order valence-corrected chi connectivity index (χ4v) is 3.17. The van der Waals surface area contributed by atoms with Gasteiger partial charge in [0.25, 0.3) is 11.5 Å². The van der Waals surface area contributed by atoms with E-state index in [9.17, 15) is 23.2 Å². The number of H-pyrrole nitrogens is 1. The molecule has 0 radical (unpaired) electrons. The van der Waals surface area contributed by atoms with Gasteiger partial charge in [0, 0.05) is 5.69 Å². The maximum atomic E-state index is 13.4. The molecule has 0 unspecified atom stereocenters. The fraction of sp³-hybridized carbons (Fsp3) is 0.0952. The quantitative estimate of drug-likeness (QED) is 0.512. The zero-order valence-corrected chi connectivity index (χ0v) is 15.8. The van der Waals surface area contributed by atoms with Crippen molar-refractivity contribution in [2.75, 3.05) is 0 Å². The molecule has 2 N–H and O–H groups in total. The zero-order chi connectivity index (χ0) is 21.4. The van der Waals surface area contributed by atoms with Crippen LogP contribution in [0.15, 0.2) is 59.0 Å². The van der Waals surface area contributed by atoms with Crippen molar-refractivity contribution in [3.63, 3.8) is 0 Å². The molecule has 0 bridgehead atoms. The third kappa shape index (κ3) is 3.41. The minimum absolute atomic E-state index is 0.0815. The molecule has 1 aromatic heterocycles. The summed E-state index contributed by atoms with van der Waals surface area (Å²) in [7, 11) is 0. The molecule has 0 aliphatic carbocycles. The molecular formula is C21H16F2N4O3. The smallest absolute Gasteiger partial charge is 0.303 e. The Hall–Kier alpha value is -4.01. The molecule has 152 valence electrons. The fourth-order valence-electron chi connectivity index (χ4n) is 3.17. The van der Waals surface area contributed by atoms with Gasteiger partial charge in [-0.25, -0.2) is 18.3 Å². The van der Waals surface area contributed by atoms with E-state index < -0.39 is 23.6 Å².